The lowest BCUT2D eigenvalue weighted by Gasteiger charge is -2.08. The predicted molar refractivity (Wildman–Crippen MR) is 106 cm³/mol. The van der Waals surface area contributed by atoms with Crippen molar-refractivity contribution in [1.29, 1.82) is 0 Å². The highest BCUT2D eigenvalue weighted by Gasteiger charge is 2.09. The molecule has 2 N–H and O–H groups in total. The van der Waals surface area contributed by atoms with E-state index in [1.165, 1.54) is 12.4 Å². The van der Waals surface area contributed by atoms with E-state index < -0.39 is 0 Å². The van der Waals surface area contributed by atoms with Gasteiger partial charge in [-0.15, -0.1) is 0 Å². The summed E-state index contributed by atoms with van der Waals surface area (Å²) >= 11 is 5.87. The third-order valence-corrected chi connectivity index (χ3v) is 3.95. The molecule has 138 valence electrons. The summed E-state index contributed by atoms with van der Waals surface area (Å²) in [5.41, 5.74) is 1.97. The zero-order valence-electron chi connectivity index (χ0n) is 14.8. The van der Waals surface area contributed by atoms with Crippen molar-refractivity contribution in [1.82, 2.24) is 9.97 Å². The zero-order valence-corrected chi connectivity index (χ0v) is 15.5. The Labute approximate surface area is 162 Å². The number of benzene rings is 2. The number of nitrogens with one attached hydrogen (secondary N) is 2. The lowest BCUT2D eigenvalue weighted by molar-refractivity contribution is 0.102. The summed E-state index contributed by atoms with van der Waals surface area (Å²) in [6.07, 6.45) is 2.97. The molecular weight excluding hydrogens is 364 g/mol. The Hall–Kier alpha value is -3.12. The molecule has 6 nitrogen and oxygen atoms in total. The molecule has 0 fully saturated rings. The second kappa shape index (κ2) is 9.00. The van der Waals surface area contributed by atoms with Gasteiger partial charge in [-0.2, -0.15) is 0 Å². The van der Waals surface area contributed by atoms with Crippen molar-refractivity contribution in [3.8, 4) is 5.75 Å². The van der Waals surface area contributed by atoms with Gasteiger partial charge in [0.1, 0.15) is 17.3 Å². The van der Waals surface area contributed by atoms with Gasteiger partial charge >= 0.3 is 0 Å². The van der Waals surface area contributed by atoms with E-state index >= 15 is 0 Å². The molecule has 0 saturated heterocycles. The number of hydrogen-bond acceptors (Lipinski definition) is 5. The molecule has 2 aromatic carbocycles. The SMILES string of the molecule is CCOc1ccc(NC(=O)c2cnc(NCc3ccc(Cl)cc3)cn2)cc1. The van der Waals surface area contributed by atoms with Crippen LogP contribution in [-0.2, 0) is 6.54 Å². The van der Waals surface area contributed by atoms with E-state index in [1.54, 1.807) is 24.3 Å². The lowest BCUT2D eigenvalue weighted by Crippen LogP contribution is -2.14. The van der Waals surface area contributed by atoms with Crippen LogP contribution in [0.4, 0.5) is 11.5 Å². The minimum absolute atomic E-state index is 0.237. The summed E-state index contributed by atoms with van der Waals surface area (Å²) < 4.78 is 5.38. The van der Waals surface area contributed by atoms with E-state index in [1.807, 2.05) is 31.2 Å². The van der Waals surface area contributed by atoms with Crippen LogP contribution in [0, 0.1) is 0 Å². The molecule has 0 bridgehead atoms. The van der Waals surface area contributed by atoms with Crippen LogP contribution in [0.2, 0.25) is 5.02 Å². The highest BCUT2D eigenvalue weighted by molar-refractivity contribution is 6.30. The van der Waals surface area contributed by atoms with E-state index in [0.29, 0.717) is 29.7 Å². The molecule has 7 heteroatoms. The van der Waals surface area contributed by atoms with Gasteiger partial charge in [0.15, 0.2) is 0 Å². The number of halogens is 1. The first kappa shape index (κ1) is 18.7. The summed E-state index contributed by atoms with van der Waals surface area (Å²) in [6, 6.07) is 14.7. The minimum Gasteiger partial charge on any atom is -0.494 e. The lowest BCUT2D eigenvalue weighted by atomic mass is 10.2. The van der Waals surface area contributed by atoms with Crippen LogP contribution in [0.5, 0.6) is 5.75 Å². The van der Waals surface area contributed by atoms with Gasteiger partial charge in [-0.05, 0) is 48.9 Å². The standard InChI is InChI=1S/C20H19ClN4O2/c1-2-27-17-9-7-16(8-10-17)25-20(26)18-12-24-19(13-22-18)23-11-14-3-5-15(21)6-4-14/h3-10,12-13H,2,11H2,1H3,(H,23,24)(H,25,26). The second-order valence-electron chi connectivity index (χ2n) is 5.68. The molecule has 0 aliphatic heterocycles. The van der Waals surface area contributed by atoms with Crippen molar-refractivity contribution in [2.45, 2.75) is 13.5 Å². The van der Waals surface area contributed by atoms with Crippen LogP contribution in [0.15, 0.2) is 60.9 Å². The number of carbonyl (C=O) groups excluding carboxylic acids is 1. The van der Waals surface area contributed by atoms with E-state index in [-0.39, 0.29) is 11.6 Å². The fourth-order valence-corrected chi connectivity index (χ4v) is 2.45. The molecule has 0 aliphatic rings. The summed E-state index contributed by atoms with van der Waals surface area (Å²) in [6.45, 7) is 3.10. The van der Waals surface area contributed by atoms with Crippen molar-refractivity contribution in [2.24, 2.45) is 0 Å². The van der Waals surface area contributed by atoms with Gasteiger partial charge in [0.25, 0.3) is 5.91 Å². The van der Waals surface area contributed by atoms with E-state index in [0.717, 1.165) is 11.3 Å². The fraction of sp³-hybridized carbons (Fsp3) is 0.150. The van der Waals surface area contributed by atoms with Crippen LogP contribution in [0.1, 0.15) is 23.0 Å². The summed E-state index contributed by atoms with van der Waals surface area (Å²) in [5.74, 6) is 1.02. The number of ether oxygens (including phenoxy) is 1. The number of nitrogens with zero attached hydrogens (tertiary/aromatic N) is 2. The number of aromatic nitrogens is 2. The Balaban J connectivity index is 1.55. The average molecular weight is 383 g/mol. The maximum absolute atomic E-state index is 12.3. The zero-order chi connectivity index (χ0) is 19.1. The van der Waals surface area contributed by atoms with Gasteiger partial charge in [0.2, 0.25) is 0 Å². The fourth-order valence-electron chi connectivity index (χ4n) is 2.33. The van der Waals surface area contributed by atoms with Gasteiger partial charge in [-0.3, -0.25) is 4.79 Å². The second-order valence-corrected chi connectivity index (χ2v) is 6.11. The molecule has 0 spiro atoms. The van der Waals surface area contributed by atoms with Gasteiger partial charge in [-0.25, -0.2) is 9.97 Å². The Morgan fingerprint density at radius 2 is 1.78 bits per heavy atom. The van der Waals surface area contributed by atoms with Gasteiger partial charge in [-0.1, -0.05) is 23.7 Å². The Morgan fingerprint density at radius 1 is 1.04 bits per heavy atom. The number of amides is 1. The minimum atomic E-state index is -0.323. The molecule has 1 heterocycles. The summed E-state index contributed by atoms with van der Waals surface area (Å²) in [5, 5.41) is 6.63. The van der Waals surface area contributed by atoms with Crippen molar-refractivity contribution in [3.05, 3.63) is 77.2 Å². The molecule has 1 amide bonds. The maximum Gasteiger partial charge on any atom is 0.275 e. The van der Waals surface area contributed by atoms with Crippen LogP contribution >= 0.6 is 11.6 Å². The predicted octanol–water partition coefficient (Wildman–Crippen LogP) is 4.39. The highest BCUT2D eigenvalue weighted by atomic mass is 35.5. The molecule has 0 atom stereocenters. The molecule has 0 radical (unpaired) electrons. The Bertz CT molecular complexity index is 881. The molecule has 0 aliphatic carbocycles. The molecule has 3 aromatic rings. The van der Waals surface area contributed by atoms with E-state index in [9.17, 15) is 4.79 Å². The number of carbonyl (C=O) groups is 1. The first-order chi connectivity index (χ1) is 13.1. The van der Waals surface area contributed by atoms with Crippen molar-refractivity contribution in [2.75, 3.05) is 17.2 Å². The van der Waals surface area contributed by atoms with Crippen LogP contribution in [0.25, 0.3) is 0 Å². The first-order valence-corrected chi connectivity index (χ1v) is 8.86. The smallest absolute Gasteiger partial charge is 0.275 e. The quantitative estimate of drug-likeness (QED) is 0.633. The van der Waals surface area contributed by atoms with Crippen LogP contribution in [-0.4, -0.2) is 22.5 Å². The van der Waals surface area contributed by atoms with Crippen LogP contribution < -0.4 is 15.4 Å². The van der Waals surface area contributed by atoms with E-state index in [2.05, 4.69) is 20.6 Å². The van der Waals surface area contributed by atoms with Crippen molar-refractivity contribution in [3.63, 3.8) is 0 Å². The highest BCUT2D eigenvalue weighted by Crippen LogP contribution is 2.16. The summed E-state index contributed by atoms with van der Waals surface area (Å²) in [7, 11) is 0. The van der Waals surface area contributed by atoms with Gasteiger partial charge in [0.05, 0.1) is 19.0 Å². The number of rotatable bonds is 7. The Morgan fingerprint density at radius 3 is 2.41 bits per heavy atom. The molecule has 1 aromatic heterocycles. The normalized spacial score (nSPS) is 10.3. The van der Waals surface area contributed by atoms with Crippen molar-refractivity contribution < 1.29 is 9.53 Å². The monoisotopic (exact) mass is 382 g/mol. The van der Waals surface area contributed by atoms with Gasteiger partial charge < -0.3 is 15.4 Å². The molecule has 27 heavy (non-hydrogen) atoms. The van der Waals surface area contributed by atoms with E-state index in [4.69, 9.17) is 16.3 Å². The molecule has 3 rings (SSSR count). The summed E-state index contributed by atoms with van der Waals surface area (Å²) in [4.78, 5) is 20.7. The average Bonchev–Trinajstić information content (AvgIpc) is 2.70. The van der Waals surface area contributed by atoms with Crippen LogP contribution in [0.3, 0.4) is 0 Å². The largest absolute Gasteiger partial charge is 0.494 e. The molecule has 0 saturated carbocycles. The third kappa shape index (κ3) is 5.43. The number of anilines is 2. The third-order valence-electron chi connectivity index (χ3n) is 3.69. The van der Waals surface area contributed by atoms with Crippen molar-refractivity contribution >= 4 is 29.0 Å². The maximum atomic E-state index is 12.3. The Kier molecular flexibility index (Phi) is 6.22. The number of hydrogen-bond donors (Lipinski definition) is 2. The molecule has 0 unspecified atom stereocenters. The van der Waals surface area contributed by atoms with Gasteiger partial charge in [0, 0.05) is 17.3 Å². The molecular formula is C20H19ClN4O2. The first-order valence-electron chi connectivity index (χ1n) is 8.48. The topological polar surface area (TPSA) is 76.1 Å².